The van der Waals surface area contributed by atoms with E-state index in [0.29, 0.717) is 0 Å². The lowest BCUT2D eigenvalue weighted by atomic mass is 10.4. The quantitative estimate of drug-likeness (QED) is 0.788. The van der Waals surface area contributed by atoms with Crippen LogP contribution in [0.1, 0.15) is 12.8 Å². The van der Waals surface area contributed by atoms with Crippen LogP contribution in [-0.2, 0) is 0 Å². The maximum absolute atomic E-state index is 4.22. The third-order valence-electron chi connectivity index (χ3n) is 2.57. The third-order valence-corrected chi connectivity index (χ3v) is 3.58. The van der Waals surface area contributed by atoms with Crippen LogP contribution in [0.2, 0.25) is 0 Å². The van der Waals surface area contributed by atoms with E-state index >= 15 is 0 Å². The van der Waals surface area contributed by atoms with Gasteiger partial charge in [0, 0.05) is 25.5 Å². The standard InChI is InChI=1S/C10H11N5S/c1-2-6-15(5-1)10-14-13-9(16-10)8-7-11-3-4-12-8/h3-4,7H,1-2,5-6H2. The number of hydrogen-bond acceptors (Lipinski definition) is 6. The second-order valence-corrected chi connectivity index (χ2v) is 4.63. The van der Waals surface area contributed by atoms with Crippen LogP contribution in [0.4, 0.5) is 5.13 Å². The van der Waals surface area contributed by atoms with Gasteiger partial charge in [0.2, 0.25) is 5.13 Å². The highest BCUT2D eigenvalue weighted by molar-refractivity contribution is 7.18. The van der Waals surface area contributed by atoms with E-state index in [0.717, 1.165) is 28.9 Å². The van der Waals surface area contributed by atoms with Crippen molar-refractivity contribution in [1.29, 1.82) is 0 Å². The van der Waals surface area contributed by atoms with E-state index in [1.54, 1.807) is 29.9 Å². The van der Waals surface area contributed by atoms with Gasteiger partial charge in [0.1, 0.15) is 5.69 Å². The smallest absolute Gasteiger partial charge is 0.208 e. The molecule has 16 heavy (non-hydrogen) atoms. The van der Waals surface area contributed by atoms with Crippen LogP contribution in [0.3, 0.4) is 0 Å². The van der Waals surface area contributed by atoms with Crippen molar-refractivity contribution in [2.75, 3.05) is 18.0 Å². The molecule has 0 atom stereocenters. The first kappa shape index (κ1) is 9.65. The molecule has 5 nitrogen and oxygen atoms in total. The Bertz CT molecular complexity index is 463. The zero-order chi connectivity index (χ0) is 10.8. The Balaban J connectivity index is 1.87. The van der Waals surface area contributed by atoms with Crippen molar-refractivity contribution >= 4 is 16.5 Å². The van der Waals surface area contributed by atoms with Crippen molar-refractivity contribution < 1.29 is 0 Å². The normalized spacial score (nSPS) is 15.6. The summed E-state index contributed by atoms with van der Waals surface area (Å²) in [4.78, 5) is 10.5. The molecule has 0 spiro atoms. The molecule has 2 aromatic rings. The lowest BCUT2D eigenvalue weighted by Gasteiger charge is -2.10. The number of hydrogen-bond donors (Lipinski definition) is 0. The molecule has 82 valence electrons. The summed E-state index contributed by atoms with van der Waals surface area (Å²) < 4.78 is 0. The molecule has 0 amide bonds. The molecular formula is C10H11N5S. The van der Waals surface area contributed by atoms with E-state index in [-0.39, 0.29) is 0 Å². The summed E-state index contributed by atoms with van der Waals surface area (Å²) in [7, 11) is 0. The molecule has 0 N–H and O–H groups in total. The number of aromatic nitrogens is 4. The average Bonchev–Trinajstić information content (AvgIpc) is 3.01. The minimum atomic E-state index is 0.797. The summed E-state index contributed by atoms with van der Waals surface area (Å²) in [5.41, 5.74) is 0.797. The molecule has 0 unspecified atom stereocenters. The van der Waals surface area contributed by atoms with Gasteiger partial charge in [-0.05, 0) is 12.8 Å². The van der Waals surface area contributed by atoms with E-state index in [4.69, 9.17) is 0 Å². The average molecular weight is 233 g/mol. The zero-order valence-corrected chi connectivity index (χ0v) is 9.52. The van der Waals surface area contributed by atoms with Gasteiger partial charge in [-0.25, -0.2) is 0 Å². The minimum Gasteiger partial charge on any atom is -0.347 e. The lowest BCUT2D eigenvalue weighted by molar-refractivity contribution is 0.928. The lowest BCUT2D eigenvalue weighted by Crippen LogP contribution is -2.17. The second kappa shape index (κ2) is 4.13. The van der Waals surface area contributed by atoms with Crippen molar-refractivity contribution in [3.63, 3.8) is 0 Å². The Kier molecular flexibility index (Phi) is 2.49. The summed E-state index contributed by atoms with van der Waals surface area (Å²) in [5, 5.41) is 10.2. The van der Waals surface area contributed by atoms with Gasteiger partial charge in [0.25, 0.3) is 0 Å². The van der Waals surface area contributed by atoms with Gasteiger partial charge in [-0.15, -0.1) is 10.2 Å². The fourth-order valence-electron chi connectivity index (χ4n) is 1.76. The van der Waals surface area contributed by atoms with E-state index in [1.807, 2.05) is 0 Å². The molecule has 1 saturated heterocycles. The molecule has 0 saturated carbocycles. The van der Waals surface area contributed by atoms with Crippen LogP contribution < -0.4 is 4.90 Å². The van der Waals surface area contributed by atoms with E-state index < -0.39 is 0 Å². The summed E-state index contributed by atoms with van der Waals surface area (Å²) in [6.45, 7) is 2.18. The third kappa shape index (κ3) is 1.76. The van der Waals surface area contributed by atoms with Crippen molar-refractivity contribution in [2.24, 2.45) is 0 Å². The Morgan fingerprint density at radius 1 is 1.12 bits per heavy atom. The van der Waals surface area contributed by atoms with E-state index in [2.05, 4.69) is 25.1 Å². The summed E-state index contributed by atoms with van der Waals surface area (Å²) in [5.74, 6) is 0. The molecular weight excluding hydrogens is 222 g/mol. The van der Waals surface area contributed by atoms with Gasteiger partial charge in [0.15, 0.2) is 5.01 Å². The Labute approximate surface area is 97.2 Å². The highest BCUT2D eigenvalue weighted by atomic mass is 32.1. The van der Waals surface area contributed by atoms with Gasteiger partial charge in [-0.1, -0.05) is 11.3 Å². The molecule has 1 aliphatic rings. The summed E-state index contributed by atoms with van der Waals surface area (Å²) in [6.07, 6.45) is 7.55. The van der Waals surface area contributed by atoms with Gasteiger partial charge in [0.05, 0.1) is 6.20 Å². The second-order valence-electron chi connectivity index (χ2n) is 3.67. The van der Waals surface area contributed by atoms with Crippen molar-refractivity contribution in [3.05, 3.63) is 18.6 Å². The Hall–Kier alpha value is -1.56. The number of rotatable bonds is 2. The van der Waals surface area contributed by atoms with Crippen LogP contribution in [0.25, 0.3) is 10.7 Å². The molecule has 6 heteroatoms. The van der Waals surface area contributed by atoms with Crippen LogP contribution in [0.5, 0.6) is 0 Å². The van der Waals surface area contributed by atoms with Crippen molar-refractivity contribution in [3.8, 4) is 10.7 Å². The predicted octanol–water partition coefficient (Wildman–Crippen LogP) is 1.60. The molecule has 1 aliphatic heterocycles. The summed E-state index contributed by atoms with van der Waals surface area (Å²) in [6, 6.07) is 0. The molecule has 2 aromatic heterocycles. The van der Waals surface area contributed by atoms with Gasteiger partial charge < -0.3 is 4.90 Å². The Morgan fingerprint density at radius 3 is 2.75 bits per heavy atom. The maximum atomic E-state index is 4.22. The maximum Gasteiger partial charge on any atom is 0.208 e. The van der Waals surface area contributed by atoms with E-state index in [1.165, 1.54) is 12.8 Å². The van der Waals surface area contributed by atoms with Crippen LogP contribution in [-0.4, -0.2) is 33.3 Å². The molecule has 0 aromatic carbocycles. The molecule has 1 fully saturated rings. The fourth-order valence-corrected chi connectivity index (χ4v) is 2.62. The summed E-state index contributed by atoms with van der Waals surface area (Å²) >= 11 is 1.58. The SMILES string of the molecule is c1cnc(-c2nnc(N3CCCC3)s2)cn1. The Morgan fingerprint density at radius 2 is 2.00 bits per heavy atom. The predicted molar refractivity (Wildman–Crippen MR) is 62.4 cm³/mol. The van der Waals surface area contributed by atoms with Crippen molar-refractivity contribution in [1.82, 2.24) is 20.2 Å². The number of nitrogens with zero attached hydrogens (tertiary/aromatic N) is 5. The zero-order valence-electron chi connectivity index (χ0n) is 8.70. The van der Waals surface area contributed by atoms with Gasteiger partial charge in [-0.2, -0.15) is 0 Å². The fraction of sp³-hybridized carbons (Fsp3) is 0.400. The monoisotopic (exact) mass is 233 g/mol. The minimum absolute atomic E-state index is 0.797. The van der Waals surface area contributed by atoms with Gasteiger partial charge in [-0.3, -0.25) is 9.97 Å². The van der Waals surface area contributed by atoms with Crippen LogP contribution >= 0.6 is 11.3 Å². The topological polar surface area (TPSA) is 54.8 Å². The number of anilines is 1. The first-order valence-corrected chi connectivity index (χ1v) is 6.10. The molecule has 3 rings (SSSR count). The highest BCUT2D eigenvalue weighted by Crippen LogP contribution is 2.28. The van der Waals surface area contributed by atoms with Crippen LogP contribution in [0.15, 0.2) is 18.6 Å². The molecule has 0 radical (unpaired) electrons. The molecule has 0 aliphatic carbocycles. The largest absolute Gasteiger partial charge is 0.347 e. The molecule has 0 bridgehead atoms. The van der Waals surface area contributed by atoms with E-state index in [9.17, 15) is 0 Å². The molecule has 3 heterocycles. The van der Waals surface area contributed by atoms with Crippen molar-refractivity contribution in [2.45, 2.75) is 12.8 Å². The van der Waals surface area contributed by atoms with Crippen LogP contribution in [0, 0.1) is 0 Å². The van der Waals surface area contributed by atoms with Gasteiger partial charge >= 0.3 is 0 Å². The first-order valence-electron chi connectivity index (χ1n) is 5.28. The highest BCUT2D eigenvalue weighted by Gasteiger charge is 2.17. The first-order chi connectivity index (χ1) is 7.93.